The van der Waals surface area contributed by atoms with Crippen molar-refractivity contribution in [1.82, 2.24) is 9.38 Å². The Morgan fingerprint density at radius 2 is 2.00 bits per heavy atom. The Bertz CT molecular complexity index is 1200. The zero-order valence-electron chi connectivity index (χ0n) is 13.2. The van der Waals surface area contributed by atoms with Gasteiger partial charge in [-0.15, -0.1) is 11.3 Å². The fraction of sp³-hybridized carbons (Fsp3) is 0.0500. The average Bonchev–Trinajstić information content (AvgIpc) is 3.37. The molecule has 5 heteroatoms. The van der Waals surface area contributed by atoms with Gasteiger partial charge in [-0.25, -0.2) is 4.98 Å². The lowest BCUT2D eigenvalue weighted by atomic mass is 10.1. The van der Waals surface area contributed by atoms with E-state index in [9.17, 15) is 5.11 Å². The summed E-state index contributed by atoms with van der Waals surface area (Å²) in [4.78, 5) is 5.69. The number of thiophene rings is 1. The van der Waals surface area contributed by atoms with Gasteiger partial charge in [-0.2, -0.15) is 0 Å². The SMILES string of the molecule is OCc1cc(-c2ccc3nc(-c4coc5ccccc45)cn3c2)cs1. The van der Waals surface area contributed by atoms with Gasteiger partial charge in [-0.1, -0.05) is 18.2 Å². The molecule has 0 amide bonds. The van der Waals surface area contributed by atoms with Gasteiger partial charge >= 0.3 is 0 Å². The zero-order valence-corrected chi connectivity index (χ0v) is 14.0. The molecule has 0 fully saturated rings. The van der Waals surface area contributed by atoms with Crippen LogP contribution in [0.2, 0.25) is 0 Å². The van der Waals surface area contributed by atoms with E-state index in [1.807, 2.05) is 47.0 Å². The first-order valence-electron chi connectivity index (χ1n) is 7.96. The van der Waals surface area contributed by atoms with Crippen LogP contribution in [0.4, 0.5) is 0 Å². The molecule has 0 bridgehead atoms. The standard InChI is InChI=1S/C20H14N2O2S/c23-10-15-7-14(12-25-15)13-5-6-20-21-18(9-22(20)8-13)17-11-24-19-4-2-1-3-16(17)19/h1-9,11-12,23H,10H2. The number of hydrogen-bond donors (Lipinski definition) is 1. The summed E-state index contributed by atoms with van der Waals surface area (Å²) in [7, 11) is 0. The van der Waals surface area contributed by atoms with E-state index in [-0.39, 0.29) is 6.61 Å². The molecule has 0 spiro atoms. The predicted molar refractivity (Wildman–Crippen MR) is 99.6 cm³/mol. The molecule has 5 rings (SSSR count). The third-order valence-electron chi connectivity index (χ3n) is 4.35. The van der Waals surface area contributed by atoms with Crippen molar-refractivity contribution < 1.29 is 9.52 Å². The van der Waals surface area contributed by atoms with Gasteiger partial charge in [0.15, 0.2) is 0 Å². The van der Waals surface area contributed by atoms with Gasteiger partial charge in [0.25, 0.3) is 0 Å². The van der Waals surface area contributed by atoms with Crippen LogP contribution in [0.25, 0.3) is 39.0 Å². The topological polar surface area (TPSA) is 50.7 Å². The minimum atomic E-state index is 0.0791. The Balaban J connectivity index is 1.62. The van der Waals surface area contributed by atoms with Gasteiger partial charge in [0, 0.05) is 28.2 Å². The lowest BCUT2D eigenvalue weighted by Gasteiger charge is -1.99. The monoisotopic (exact) mass is 346 g/mol. The number of furan rings is 1. The molecule has 0 aliphatic carbocycles. The first kappa shape index (κ1) is 14.5. The summed E-state index contributed by atoms with van der Waals surface area (Å²) in [5.41, 5.74) is 5.86. The summed E-state index contributed by atoms with van der Waals surface area (Å²) in [5, 5.41) is 12.4. The molecule has 4 aromatic heterocycles. The molecule has 0 saturated heterocycles. The van der Waals surface area contributed by atoms with Crippen LogP contribution < -0.4 is 0 Å². The molecule has 4 nitrogen and oxygen atoms in total. The normalized spacial score (nSPS) is 11.6. The van der Waals surface area contributed by atoms with Crippen LogP contribution in [0.3, 0.4) is 0 Å². The molecule has 0 saturated carbocycles. The van der Waals surface area contributed by atoms with Crippen LogP contribution in [0, 0.1) is 0 Å². The second-order valence-corrected chi connectivity index (χ2v) is 6.91. The smallest absolute Gasteiger partial charge is 0.137 e. The van der Waals surface area contributed by atoms with Gasteiger partial charge in [0.1, 0.15) is 17.5 Å². The number of aliphatic hydroxyl groups is 1. The maximum atomic E-state index is 9.25. The van der Waals surface area contributed by atoms with Crippen molar-refractivity contribution in [3.05, 3.63) is 71.4 Å². The number of aromatic nitrogens is 2. The van der Waals surface area contributed by atoms with Crippen molar-refractivity contribution in [2.45, 2.75) is 6.61 Å². The minimum Gasteiger partial charge on any atom is -0.464 e. The Morgan fingerprint density at radius 3 is 2.88 bits per heavy atom. The van der Waals surface area contributed by atoms with Crippen LogP contribution in [0.5, 0.6) is 0 Å². The number of rotatable bonds is 3. The molecule has 4 heterocycles. The molecule has 0 aliphatic rings. The fourth-order valence-corrected chi connectivity index (χ4v) is 3.84. The Labute approximate surface area is 147 Å². The van der Waals surface area contributed by atoms with Crippen LogP contribution in [-0.2, 0) is 6.61 Å². The molecule has 0 unspecified atom stereocenters. The largest absolute Gasteiger partial charge is 0.464 e. The Kier molecular flexibility index (Phi) is 3.23. The van der Waals surface area contributed by atoms with Crippen LogP contribution >= 0.6 is 11.3 Å². The van der Waals surface area contributed by atoms with Gasteiger partial charge < -0.3 is 13.9 Å². The van der Waals surface area contributed by atoms with Crippen molar-refractivity contribution in [3.63, 3.8) is 0 Å². The van der Waals surface area contributed by atoms with E-state index in [1.165, 1.54) is 0 Å². The summed E-state index contributed by atoms with van der Waals surface area (Å²) in [5.74, 6) is 0. The van der Waals surface area contributed by atoms with Gasteiger partial charge in [0.05, 0.1) is 12.3 Å². The fourth-order valence-electron chi connectivity index (χ4n) is 3.08. The molecular weight excluding hydrogens is 332 g/mol. The quantitative estimate of drug-likeness (QED) is 0.502. The van der Waals surface area contributed by atoms with Crippen LogP contribution in [0.15, 0.2) is 70.9 Å². The number of benzene rings is 1. The summed E-state index contributed by atoms with van der Waals surface area (Å²) >= 11 is 1.57. The second kappa shape index (κ2) is 5.58. The number of fused-ring (bicyclic) bond motifs is 2. The average molecular weight is 346 g/mol. The number of para-hydroxylation sites is 1. The first-order chi connectivity index (χ1) is 12.3. The van der Waals surface area contributed by atoms with E-state index < -0.39 is 0 Å². The van der Waals surface area contributed by atoms with E-state index in [0.29, 0.717) is 0 Å². The van der Waals surface area contributed by atoms with E-state index in [0.717, 1.165) is 43.9 Å². The highest BCUT2D eigenvalue weighted by molar-refractivity contribution is 7.10. The van der Waals surface area contributed by atoms with Crippen molar-refractivity contribution in [3.8, 4) is 22.4 Å². The number of pyridine rings is 1. The van der Waals surface area contributed by atoms with Gasteiger partial charge in [-0.3, -0.25) is 0 Å². The molecular formula is C20H14N2O2S. The van der Waals surface area contributed by atoms with Gasteiger partial charge in [-0.05, 0) is 40.8 Å². The van der Waals surface area contributed by atoms with Gasteiger partial charge in [0.2, 0.25) is 0 Å². The minimum absolute atomic E-state index is 0.0791. The number of nitrogens with zero attached hydrogens (tertiary/aromatic N) is 2. The van der Waals surface area contributed by atoms with Crippen LogP contribution in [-0.4, -0.2) is 14.5 Å². The highest BCUT2D eigenvalue weighted by Gasteiger charge is 2.12. The zero-order chi connectivity index (χ0) is 16.8. The maximum Gasteiger partial charge on any atom is 0.137 e. The third kappa shape index (κ3) is 2.36. The van der Waals surface area contributed by atoms with E-state index in [2.05, 4.69) is 17.6 Å². The molecule has 122 valence electrons. The first-order valence-corrected chi connectivity index (χ1v) is 8.84. The Morgan fingerprint density at radius 1 is 1.08 bits per heavy atom. The number of hydrogen-bond acceptors (Lipinski definition) is 4. The van der Waals surface area contributed by atoms with E-state index in [4.69, 9.17) is 9.40 Å². The van der Waals surface area contributed by atoms with Crippen molar-refractivity contribution in [1.29, 1.82) is 0 Å². The van der Waals surface area contributed by atoms with E-state index in [1.54, 1.807) is 17.6 Å². The van der Waals surface area contributed by atoms with Crippen LogP contribution in [0.1, 0.15) is 4.88 Å². The molecule has 0 atom stereocenters. The molecule has 5 aromatic rings. The van der Waals surface area contributed by atoms with E-state index >= 15 is 0 Å². The lowest BCUT2D eigenvalue weighted by molar-refractivity contribution is 0.285. The Hall–Kier alpha value is -2.89. The second-order valence-electron chi connectivity index (χ2n) is 5.91. The van der Waals surface area contributed by atoms with Crippen molar-refractivity contribution in [2.24, 2.45) is 0 Å². The predicted octanol–water partition coefficient (Wildman–Crippen LogP) is 4.97. The maximum absolute atomic E-state index is 9.25. The highest BCUT2D eigenvalue weighted by atomic mass is 32.1. The van der Waals surface area contributed by atoms with Crippen molar-refractivity contribution in [2.75, 3.05) is 0 Å². The molecule has 0 radical (unpaired) electrons. The molecule has 0 aliphatic heterocycles. The summed E-state index contributed by atoms with van der Waals surface area (Å²) in [6.45, 7) is 0.0791. The summed E-state index contributed by atoms with van der Waals surface area (Å²) < 4.78 is 7.67. The number of aliphatic hydroxyl groups excluding tert-OH is 1. The summed E-state index contributed by atoms with van der Waals surface area (Å²) in [6.07, 6.45) is 5.85. The molecule has 1 N–H and O–H groups in total. The number of imidazole rings is 1. The molecule has 1 aromatic carbocycles. The third-order valence-corrected chi connectivity index (χ3v) is 5.27. The molecule has 25 heavy (non-hydrogen) atoms. The summed E-state index contributed by atoms with van der Waals surface area (Å²) in [6, 6.07) is 14.1. The van der Waals surface area contributed by atoms with Crippen molar-refractivity contribution >= 4 is 28.0 Å². The highest BCUT2D eigenvalue weighted by Crippen LogP contribution is 2.31. The lowest BCUT2D eigenvalue weighted by Crippen LogP contribution is -1.84.